The third-order valence-corrected chi connectivity index (χ3v) is 4.35. The largest absolute Gasteiger partial charge is 0.338 e. The summed E-state index contributed by atoms with van der Waals surface area (Å²) in [5, 5.41) is 2.91. The molecule has 1 atom stereocenters. The van der Waals surface area contributed by atoms with E-state index in [0.717, 1.165) is 29.0 Å². The second-order valence-electron chi connectivity index (χ2n) is 5.11. The minimum absolute atomic E-state index is 0.0846. The average Bonchev–Trinajstić information content (AvgIpc) is 3.09. The lowest BCUT2D eigenvalue weighted by molar-refractivity contribution is 0.222. The van der Waals surface area contributed by atoms with E-state index in [1.165, 1.54) is 0 Å². The van der Waals surface area contributed by atoms with E-state index in [4.69, 9.17) is 0 Å². The molecule has 1 unspecified atom stereocenters. The number of nitrogens with one attached hydrogen (secondary N) is 1. The topological polar surface area (TPSA) is 63.1 Å². The van der Waals surface area contributed by atoms with Crippen LogP contribution in [0.2, 0.25) is 0 Å². The van der Waals surface area contributed by atoms with Crippen LogP contribution in [0.25, 0.3) is 0 Å². The maximum atomic E-state index is 12.3. The van der Waals surface area contributed by atoms with Gasteiger partial charge in [0.1, 0.15) is 5.82 Å². The van der Waals surface area contributed by atoms with Crippen LogP contribution >= 0.6 is 15.9 Å². The predicted molar refractivity (Wildman–Crippen MR) is 83.1 cm³/mol. The van der Waals surface area contributed by atoms with Gasteiger partial charge >= 0.3 is 6.03 Å². The van der Waals surface area contributed by atoms with Crippen LogP contribution < -0.4 is 5.32 Å². The highest BCUT2D eigenvalue weighted by atomic mass is 79.9. The van der Waals surface area contributed by atoms with E-state index in [0.29, 0.717) is 12.5 Å². The summed E-state index contributed by atoms with van der Waals surface area (Å²) in [7, 11) is 1.99. The molecule has 0 saturated carbocycles. The minimum Gasteiger partial charge on any atom is -0.338 e. The molecular weight excluding hydrogens is 334 g/mol. The molecule has 1 N–H and O–H groups in total. The number of hydrogen-bond acceptors (Lipinski definition) is 3. The minimum atomic E-state index is -0.0846. The third kappa shape index (κ3) is 2.92. The zero-order valence-corrected chi connectivity index (χ0v) is 13.2. The van der Waals surface area contributed by atoms with Gasteiger partial charge in [0.2, 0.25) is 0 Å². The maximum Gasteiger partial charge on any atom is 0.321 e. The molecule has 2 aromatic heterocycles. The van der Waals surface area contributed by atoms with Crippen LogP contribution in [0, 0.1) is 0 Å². The summed E-state index contributed by atoms with van der Waals surface area (Å²) >= 11 is 3.38. The third-order valence-electron chi connectivity index (χ3n) is 3.71. The van der Waals surface area contributed by atoms with Gasteiger partial charge in [0.25, 0.3) is 0 Å². The lowest BCUT2D eigenvalue weighted by Crippen LogP contribution is -2.33. The molecule has 0 aliphatic carbocycles. The summed E-state index contributed by atoms with van der Waals surface area (Å²) in [6.07, 6.45) is 7.99. The van der Waals surface area contributed by atoms with E-state index in [9.17, 15) is 4.79 Å². The van der Waals surface area contributed by atoms with Crippen molar-refractivity contribution in [1.29, 1.82) is 0 Å². The van der Waals surface area contributed by atoms with E-state index < -0.39 is 0 Å². The Bertz CT molecular complexity index is 656. The summed E-state index contributed by atoms with van der Waals surface area (Å²) in [5.41, 5.74) is 0.732. The highest BCUT2D eigenvalue weighted by Crippen LogP contribution is 2.27. The van der Waals surface area contributed by atoms with E-state index in [1.54, 1.807) is 24.7 Å². The van der Waals surface area contributed by atoms with Gasteiger partial charge in [-0.1, -0.05) is 0 Å². The molecule has 3 rings (SSSR count). The van der Waals surface area contributed by atoms with Crippen LogP contribution in [0.15, 0.2) is 35.3 Å². The Hall–Kier alpha value is -1.89. The summed E-state index contributed by atoms with van der Waals surface area (Å²) < 4.78 is 2.80. The number of nitrogens with zero attached hydrogens (tertiary/aromatic N) is 4. The van der Waals surface area contributed by atoms with Gasteiger partial charge in [-0.15, -0.1) is 0 Å². The number of carbonyl (C=O) groups is 1. The van der Waals surface area contributed by atoms with Crippen molar-refractivity contribution in [2.24, 2.45) is 7.05 Å². The molecule has 1 aliphatic rings. The van der Waals surface area contributed by atoms with Crippen LogP contribution in [-0.2, 0) is 7.05 Å². The Morgan fingerprint density at radius 3 is 3.05 bits per heavy atom. The fourth-order valence-corrected chi connectivity index (χ4v) is 2.95. The summed E-state index contributed by atoms with van der Waals surface area (Å²) in [5.74, 6) is 1.34. The quantitative estimate of drug-likeness (QED) is 0.906. The molecule has 3 heterocycles. The number of aryl methyl sites for hydroxylation is 1. The fourth-order valence-electron chi connectivity index (χ4n) is 2.60. The van der Waals surface area contributed by atoms with E-state index >= 15 is 0 Å². The van der Waals surface area contributed by atoms with Crippen molar-refractivity contribution in [3.8, 4) is 0 Å². The predicted octanol–water partition coefficient (Wildman–Crippen LogP) is 2.60. The van der Waals surface area contributed by atoms with Gasteiger partial charge in [-0.05, 0) is 28.4 Å². The van der Waals surface area contributed by atoms with Crippen molar-refractivity contribution < 1.29 is 4.79 Å². The van der Waals surface area contributed by atoms with Gasteiger partial charge in [0, 0.05) is 50.8 Å². The van der Waals surface area contributed by atoms with Crippen LogP contribution in [-0.4, -0.2) is 38.6 Å². The molecule has 110 valence electrons. The first-order chi connectivity index (χ1) is 10.1. The number of anilines is 1. The second-order valence-corrected chi connectivity index (χ2v) is 5.97. The van der Waals surface area contributed by atoms with Gasteiger partial charge in [-0.25, -0.2) is 9.78 Å². The number of rotatable bonds is 2. The first kappa shape index (κ1) is 14.1. The molecule has 0 bridgehead atoms. The number of carbonyl (C=O) groups excluding carboxylic acids is 1. The number of hydrogen-bond donors (Lipinski definition) is 1. The maximum absolute atomic E-state index is 12.3. The molecule has 0 aromatic carbocycles. The van der Waals surface area contributed by atoms with Gasteiger partial charge in [-0.2, -0.15) is 0 Å². The Morgan fingerprint density at radius 2 is 2.33 bits per heavy atom. The lowest BCUT2D eigenvalue weighted by Gasteiger charge is -2.18. The number of imidazole rings is 1. The Balaban J connectivity index is 1.65. The van der Waals surface area contributed by atoms with Crippen molar-refractivity contribution in [3.63, 3.8) is 0 Å². The first-order valence-corrected chi connectivity index (χ1v) is 7.57. The van der Waals surface area contributed by atoms with E-state index in [-0.39, 0.29) is 6.03 Å². The molecule has 1 fully saturated rings. The Kier molecular flexibility index (Phi) is 3.92. The highest BCUT2D eigenvalue weighted by Gasteiger charge is 2.29. The molecule has 7 heteroatoms. The van der Waals surface area contributed by atoms with Gasteiger partial charge in [0.15, 0.2) is 0 Å². The van der Waals surface area contributed by atoms with Crippen molar-refractivity contribution in [1.82, 2.24) is 19.4 Å². The number of aromatic nitrogens is 3. The number of amides is 2. The molecule has 1 aliphatic heterocycles. The molecule has 2 aromatic rings. The Labute approximate surface area is 131 Å². The molecule has 1 saturated heterocycles. The number of likely N-dealkylation sites (tertiary alicyclic amines) is 1. The zero-order chi connectivity index (χ0) is 14.8. The fraction of sp³-hybridized carbons (Fsp3) is 0.357. The van der Waals surface area contributed by atoms with Crippen LogP contribution in [0.3, 0.4) is 0 Å². The molecule has 0 radical (unpaired) electrons. The van der Waals surface area contributed by atoms with Crippen molar-refractivity contribution in [3.05, 3.63) is 41.2 Å². The lowest BCUT2D eigenvalue weighted by atomic mass is 10.1. The van der Waals surface area contributed by atoms with Gasteiger partial charge in [-0.3, -0.25) is 4.98 Å². The smallest absolute Gasteiger partial charge is 0.321 e. The summed E-state index contributed by atoms with van der Waals surface area (Å²) in [6, 6.07) is 1.69. The second kappa shape index (κ2) is 5.85. The molecule has 6 nitrogen and oxygen atoms in total. The van der Waals surface area contributed by atoms with E-state index in [2.05, 4.69) is 31.2 Å². The zero-order valence-electron chi connectivity index (χ0n) is 11.7. The van der Waals surface area contributed by atoms with Gasteiger partial charge < -0.3 is 14.8 Å². The van der Waals surface area contributed by atoms with Crippen molar-refractivity contribution >= 4 is 27.6 Å². The summed E-state index contributed by atoms with van der Waals surface area (Å²) in [4.78, 5) is 22.5. The summed E-state index contributed by atoms with van der Waals surface area (Å²) in [6.45, 7) is 1.44. The SMILES string of the molecule is Cn1ccnc1C1CCN(C(=O)Nc2ccncc2Br)C1. The number of urea groups is 1. The van der Waals surface area contributed by atoms with E-state index in [1.807, 2.05) is 22.7 Å². The highest BCUT2D eigenvalue weighted by molar-refractivity contribution is 9.10. The van der Waals surface area contributed by atoms with Crippen molar-refractivity contribution in [2.75, 3.05) is 18.4 Å². The van der Waals surface area contributed by atoms with Crippen LogP contribution in [0.4, 0.5) is 10.5 Å². The molecule has 21 heavy (non-hydrogen) atoms. The molecule has 0 spiro atoms. The standard InChI is InChI=1S/C14H16BrN5O/c1-19-7-5-17-13(19)10-3-6-20(9-10)14(21)18-12-2-4-16-8-11(12)15/h2,4-5,7-8,10H,3,6,9H2,1H3,(H,16,18,21). The van der Waals surface area contributed by atoms with Gasteiger partial charge in [0.05, 0.1) is 10.2 Å². The van der Waals surface area contributed by atoms with Crippen molar-refractivity contribution in [2.45, 2.75) is 12.3 Å². The van der Waals surface area contributed by atoms with Crippen LogP contribution in [0.5, 0.6) is 0 Å². The van der Waals surface area contributed by atoms with Crippen LogP contribution in [0.1, 0.15) is 18.2 Å². The first-order valence-electron chi connectivity index (χ1n) is 6.78. The Morgan fingerprint density at radius 1 is 1.48 bits per heavy atom. The number of pyridine rings is 1. The normalized spacial score (nSPS) is 18.0. The average molecular weight is 350 g/mol. The number of halogens is 1. The molecular formula is C14H16BrN5O. The monoisotopic (exact) mass is 349 g/mol. The molecule has 2 amide bonds.